The maximum atomic E-state index is 13.0. The van der Waals surface area contributed by atoms with Crippen molar-refractivity contribution in [1.29, 1.82) is 0 Å². The average molecular weight is 484 g/mol. The summed E-state index contributed by atoms with van der Waals surface area (Å²) >= 11 is 1.50. The smallest absolute Gasteiger partial charge is 0.267 e. The monoisotopic (exact) mass is 483 g/mol. The molecule has 0 aliphatic rings. The summed E-state index contributed by atoms with van der Waals surface area (Å²) in [5.74, 6) is -1.10. The van der Waals surface area contributed by atoms with E-state index in [4.69, 9.17) is 4.98 Å². The fraction of sp³-hybridized carbons (Fsp3) is 0.182. The molecule has 2 N–H and O–H groups in total. The summed E-state index contributed by atoms with van der Waals surface area (Å²) in [6.07, 6.45) is 2.67. The third kappa shape index (κ3) is 4.64. The van der Waals surface area contributed by atoms with Crippen LogP contribution >= 0.6 is 11.3 Å². The first-order chi connectivity index (χ1) is 15.6. The van der Waals surface area contributed by atoms with E-state index in [9.17, 15) is 18.0 Å². The van der Waals surface area contributed by atoms with Gasteiger partial charge in [-0.25, -0.2) is 18.1 Å². The molecule has 0 radical (unpaired) electrons. The Balaban J connectivity index is 1.60. The molecule has 11 heteroatoms. The Hall–Kier alpha value is -3.57. The van der Waals surface area contributed by atoms with E-state index in [1.165, 1.54) is 35.6 Å². The molecule has 0 saturated heterocycles. The lowest BCUT2D eigenvalue weighted by Crippen LogP contribution is -2.41. The molecule has 3 aromatic heterocycles. The van der Waals surface area contributed by atoms with Crippen LogP contribution in [0.4, 0.5) is 0 Å². The second-order valence-corrected chi connectivity index (χ2v) is 10.6. The van der Waals surface area contributed by atoms with E-state index in [1.54, 1.807) is 16.9 Å². The summed E-state index contributed by atoms with van der Waals surface area (Å²) in [6.45, 7) is 3.95. The number of thiophene rings is 1. The van der Waals surface area contributed by atoms with Crippen LogP contribution in [0.25, 0.3) is 21.6 Å². The van der Waals surface area contributed by atoms with Gasteiger partial charge in [0.1, 0.15) is 0 Å². The maximum Gasteiger partial charge on any atom is 0.270 e. The van der Waals surface area contributed by atoms with Crippen LogP contribution < -0.4 is 10.9 Å². The highest BCUT2D eigenvalue weighted by Gasteiger charge is 2.19. The summed E-state index contributed by atoms with van der Waals surface area (Å²) in [4.78, 5) is 31.2. The van der Waals surface area contributed by atoms with Crippen LogP contribution in [-0.2, 0) is 9.84 Å². The zero-order valence-corrected chi connectivity index (χ0v) is 19.7. The van der Waals surface area contributed by atoms with Gasteiger partial charge in [-0.15, -0.1) is 11.3 Å². The van der Waals surface area contributed by atoms with Gasteiger partial charge in [-0.1, -0.05) is 6.07 Å². The van der Waals surface area contributed by atoms with E-state index in [-0.39, 0.29) is 16.5 Å². The number of hydrazine groups is 1. The van der Waals surface area contributed by atoms with Gasteiger partial charge in [-0.2, -0.15) is 5.10 Å². The van der Waals surface area contributed by atoms with E-state index in [0.29, 0.717) is 22.3 Å². The number of aromatic nitrogens is 3. The van der Waals surface area contributed by atoms with Gasteiger partial charge in [-0.3, -0.25) is 20.4 Å². The van der Waals surface area contributed by atoms with Crippen molar-refractivity contribution in [3.8, 4) is 10.6 Å². The number of nitrogens with one attached hydrogen (secondary N) is 2. The first-order valence-electron chi connectivity index (χ1n) is 9.98. The van der Waals surface area contributed by atoms with Gasteiger partial charge in [0.05, 0.1) is 32.6 Å². The number of benzene rings is 1. The van der Waals surface area contributed by atoms with E-state index in [1.807, 2.05) is 31.4 Å². The standard InChI is InChI=1S/C22H21N5O4S2/c1-13(2)27-20-17(12-23-27)16(11-18(24-20)19-5-4-10-32-19)22(29)26-25-21(28)14-6-8-15(9-7-14)33(3,30)31/h4-13H,1-3H3,(H,25,28)(H,26,29). The molecule has 170 valence electrons. The molecule has 9 nitrogen and oxygen atoms in total. The Kier molecular flexibility index (Phi) is 6.00. The molecule has 2 amide bonds. The van der Waals surface area contributed by atoms with E-state index < -0.39 is 21.7 Å². The Bertz CT molecular complexity index is 1440. The number of hydrogen-bond donors (Lipinski definition) is 2. The summed E-state index contributed by atoms with van der Waals surface area (Å²) in [5.41, 5.74) is 6.53. The fourth-order valence-corrected chi connectivity index (χ4v) is 4.56. The van der Waals surface area contributed by atoms with Crippen LogP contribution in [0, 0.1) is 0 Å². The Morgan fingerprint density at radius 1 is 1.06 bits per heavy atom. The number of hydrogen-bond acceptors (Lipinski definition) is 7. The van der Waals surface area contributed by atoms with Gasteiger partial charge in [0.25, 0.3) is 11.8 Å². The van der Waals surface area contributed by atoms with Crippen LogP contribution in [-0.4, -0.2) is 41.3 Å². The van der Waals surface area contributed by atoms with Crippen molar-refractivity contribution in [2.75, 3.05) is 6.26 Å². The highest BCUT2D eigenvalue weighted by Crippen LogP contribution is 2.28. The molecule has 0 saturated carbocycles. The number of amides is 2. The zero-order chi connectivity index (χ0) is 23.8. The minimum absolute atomic E-state index is 0.0408. The number of fused-ring (bicyclic) bond motifs is 1. The lowest BCUT2D eigenvalue weighted by molar-refractivity contribution is 0.0847. The van der Waals surface area contributed by atoms with Crippen LogP contribution in [0.5, 0.6) is 0 Å². The molecule has 1 aromatic carbocycles. The van der Waals surface area contributed by atoms with Gasteiger partial charge in [-0.05, 0) is 55.6 Å². The minimum atomic E-state index is -3.37. The van der Waals surface area contributed by atoms with Crippen molar-refractivity contribution >= 4 is 44.0 Å². The normalized spacial score (nSPS) is 11.6. The molecule has 0 unspecified atom stereocenters. The van der Waals surface area contributed by atoms with Crippen molar-refractivity contribution in [2.45, 2.75) is 24.8 Å². The molecule has 0 spiro atoms. The Morgan fingerprint density at radius 2 is 1.76 bits per heavy atom. The molecular formula is C22H21N5O4S2. The molecule has 0 atom stereocenters. The largest absolute Gasteiger partial charge is 0.270 e. The van der Waals surface area contributed by atoms with Gasteiger partial charge >= 0.3 is 0 Å². The number of rotatable bonds is 5. The number of nitrogens with zero attached hydrogens (tertiary/aromatic N) is 3. The average Bonchev–Trinajstić information content (AvgIpc) is 3.46. The lowest BCUT2D eigenvalue weighted by atomic mass is 10.1. The molecule has 4 rings (SSSR count). The van der Waals surface area contributed by atoms with E-state index in [0.717, 1.165) is 11.1 Å². The van der Waals surface area contributed by atoms with Crippen molar-refractivity contribution < 1.29 is 18.0 Å². The van der Waals surface area contributed by atoms with Gasteiger partial charge in [0, 0.05) is 17.9 Å². The van der Waals surface area contributed by atoms with Crippen LogP contribution in [0.15, 0.2) is 58.9 Å². The van der Waals surface area contributed by atoms with Gasteiger partial charge in [0.15, 0.2) is 15.5 Å². The molecular weight excluding hydrogens is 462 g/mol. The Morgan fingerprint density at radius 3 is 2.36 bits per heavy atom. The van der Waals surface area contributed by atoms with Gasteiger partial charge in [0.2, 0.25) is 0 Å². The molecule has 0 fully saturated rings. The molecule has 0 aliphatic heterocycles. The number of pyridine rings is 1. The summed E-state index contributed by atoms with van der Waals surface area (Å²) in [6, 6.07) is 11.0. The second-order valence-electron chi connectivity index (χ2n) is 7.66. The second kappa shape index (κ2) is 8.75. The quantitative estimate of drug-likeness (QED) is 0.420. The molecule has 33 heavy (non-hydrogen) atoms. The summed E-state index contributed by atoms with van der Waals surface area (Å²) < 4.78 is 24.9. The van der Waals surface area contributed by atoms with E-state index in [2.05, 4.69) is 16.0 Å². The third-order valence-corrected chi connectivity index (χ3v) is 6.93. The topological polar surface area (TPSA) is 123 Å². The SMILES string of the molecule is CC(C)n1ncc2c(C(=O)NNC(=O)c3ccc(S(C)(=O)=O)cc3)cc(-c3cccs3)nc21. The predicted molar refractivity (Wildman–Crippen MR) is 126 cm³/mol. The highest BCUT2D eigenvalue weighted by atomic mass is 32.2. The molecule has 0 bridgehead atoms. The number of carbonyl (C=O) groups excluding carboxylic acids is 2. The zero-order valence-electron chi connectivity index (χ0n) is 18.1. The number of carbonyl (C=O) groups is 2. The molecule has 3 heterocycles. The summed E-state index contributed by atoms with van der Waals surface area (Å²) in [7, 11) is -3.37. The molecule has 4 aromatic rings. The van der Waals surface area contributed by atoms with Crippen LogP contribution in [0.1, 0.15) is 40.6 Å². The molecule has 0 aliphatic carbocycles. The Labute approximate surface area is 194 Å². The van der Waals surface area contributed by atoms with Crippen LogP contribution in [0.3, 0.4) is 0 Å². The minimum Gasteiger partial charge on any atom is -0.267 e. The van der Waals surface area contributed by atoms with Crippen LogP contribution in [0.2, 0.25) is 0 Å². The van der Waals surface area contributed by atoms with Crippen molar-refractivity contribution in [3.63, 3.8) is 0 Å². The first-order valence-corrected chi connectivity index (χ1v) is 12.7. The number of sulfone groups is 1. The third-order valence-electron chi connectivity index (χ3n) is 4.91. The first kappa shape index (κ1) is 22.6. The highest BCUT2D eigenvalue weighted by molar-refractivity contribution is 7.90. The van der Waals surface area contributed by atoms with Gasteiger partial charge < -0.3 is 0 Å². The fourth-order valence-electron chi connectivity index (χ4n) is 3.24. The maximum absolute atomic E-state index is 13.0. The van der Waals surface area contributed by atoms with Crippen molar-refractivity contribution in [1.82, 2.24) is 25.6 Å². The summed E-state index contributed by atoms with van der Waals surface area (Å²) in [5, 5.41) is 6.86. The van der Waals surface area contributed by atoms with E-state index >= 15 is 0 Å². The van der Waals surface area contributed by atoms with Crippen molar-refractivity contribution in [2.24, 2.45) is 0 Å². The lowest BCUT2D eigenvalue weighted by Gasteiger charge is -2.11. The predicted octanol–water partition coefficient (Wildman–Crippen LogP) is 3.22. The van der Waals surface area contributed by atoms with Crippen molar-refractivity contribution in [3.05, 3.63) is 65.2 Å².